The van der Waals surface area contributed by atoms with Gasteiger partial charge in [-0.3, -0.25) is 9.59 Å². The number of amides is 2. The summed E-state index contributed by atoms with van der Waals surface area (Å²) in [4.78, 5) is 26.5. The van der Waals surface area contributed by atoms with E-state index >= 15 is 0 Å². The summed E-state index contributed by atoms with van der Waals surface area (Å²) in [5.74, 6) is -0.614. The molecule has 6 heteroatoms. The first-order valence-electron chi connectivity index (χ1n) is 7.98. The Hall–Kier alpha value is -2.04. The van der Waals surface area contributed by atoms with Gasteiger partial charge in [0.15, 0.2) is 0 Å². The Labute approximate surface area is 156 Å². The van der Waals surface area contributed by atoms with Crippen LogP contribution >= 0.6 is 23.2 Å². The second kappa shape index (κ2) is 7.06. The van der Waals surface area contributed by atoms with E-state index in [1.54, 1.807) is 29.2 Å². The molecule has 2 amide bonds. The Bertz CT molecular complexity index is 851. The van der Waals surface area contributed by atoms with Crippen molar-refractivity contribution in [3.63, 3.8) is 0 Å². The molecule has 1 aliphatic heterocycles. The Balaban J connectivity index is 1.71. The summed E-state index contributed by atoms with van der Waals surface area (Å²) >= 11 is 12.0. The van der Waals surface area contributed by atoms with Crippen LogP contribution in [0.1, 0.15) is 17.5 Å². The van der Waals surface area contributed by atoms with Crippen LogP contribution in [0.25, 0.3) is 0 Å². The van der Waals surface area contributed by atoms with Crippen molar-refractivity contribution in [1.29, 1.82) is 0 Å². The first kappa shape index (κ1) is 17.8. The molecule has 1 N–H and O–H groups in total. The molecule has 3 rings (SSSR count). The third-order valence-corrected chi connectivity index (χ3v) is 5.22. The molecule has 1 aliphatic rings. The van der Waals surface area contributed by atoms with E-state index in [2.05, 4.69) is 5.32 Å². The van der Waals surface area contributed by atoms with Crippen molar-refractivity contribution in [3.8, 4) is 0 Å². The molecule has 1 atom stereocenters. The highest BCUT2D eigenvalue weighted by Gasteiger charge is 2.35. The number of carbonyl (C=O) groups excluding carboxylic acids is 2. The van der Waals surface area contributed by atoms with Crippen LogP contribution < -0.4 is 10.2 Å². The average Bonchev–Trinajstić information content (AvgIpc) is 2.95. The summed E-state index contributed by atoms with van der Waals surface area (Å²) < 4.78 is 0. The standard InChI is InChI=1S/C19H18Cl2N2O2/c1-11-7-14(3-5-16(11)20)22-19(25)13-9-18(24)23(10-13)15-4-6-17(21)12(2)8-15/h3-8,13H,9-10H2,1-2H3,(H,22,25). The molecule has 2 aromatic carbocycles. The Morgan fingerprint density at radius 2 is 1.72 bits per heavy atom. The Morgan fingerprint density at radius 1 is 1.08 bits per heavy atom. The SMILES string of the molecule is Cc1cc(NC(=O)C2CC(=O)N(c3ccc(Cl)c(C)c3)C2)ccc1Cl. The van der Waals surface area contributed by atoms with Gasteiger partial charge in [-0.15, -0.1) is 0 Å². The smallest absolute Gasteiger partial charge is 0.229 e. The van der Waals surface area contributed by atoms with E-state index in [0.717, 1.165) is 16.8 Å². The van der Waals surface area contributed by atoms with Crippen molar-refractivity contribution in [2.75, 3.05) is 16.8 Å². The van der Waals surface area contributed by atoms with Crippen molar-refractivity contribution >= 4 is 46.4 Å². The molecule has 1 saturated heterocycles. The summed E-state index contributed by atoms with van der Waals surface area (Å²) in [7, 11) is 0. The summed E-state index contributed by atoms with van der Waals surface area (Å²) in [5.41, 5.74) is 3.24. The fraction of sp³-hybridized carbons (Fsp3) is 0.263. The van der Waals surface area contributed by atoms with E-state index in [0.29, 0.717) is 22.3 Å². The molecular weight excluding hydrogens is 359 g/mol. The normalized spacial score (nSPS) is 17.0. The summed E-state index contributed by atoms with van der Waals surface area (Å²) in [6, 6.07) is 10.7. The predicted molar refractivity (Wildman–Crippen MR) is 101 cm³/mol. The maximum absolute atomic E-state index is 12.5. The van der Waals surface area contributed by atoms with Crippen molar-refractivity contribution < 1.29 is 9.59 Å². The molecule has 1 heterocycles. The highest BCUT2D eigenvalue weighted by Crippen LogP contribution is 2.29. The molecule has 2 aromatic rings. The summed E-state index contributed by atoms with van der Waals surface area (Å²) in [6.45, 7) is 4.12. The van der Waals surface area contributed by atoms with Gasteiger partial charge in [0, 0.05) is 34.4 Å². The van der Waals surface area contributed by atoms with Crippen molar-refractivity contribution in [3.05, 3.63) is 57.6 Å². The van der Waals surface area contributed by atoms with Gasteiger partial charge in [-0.05, 0) is 61.4 Å². The molecular formula is C19H18Cl2N2O2. The minimum Gasteiger partial charge on any atom is -0.326 e. The molecule has 0 saturated carbocycles. The van der Waals surface area contributed by atoms with Gasteiger partial charge in [0.25, 0.3) is 0 Å². The molecule has 25 heavy (non-hydrogen) atoms. The third kappa shape index (κ3) is 3.80. The minimum atomic E-state index is -0.389. The lowest BCUT2D eigenvalue weighted by atomic mass is 10.1. The zero-order chi connectivity index (χ0) is 18.1. The topological polar surface area (TPSA) is 49.4 Å². The molecule has 1 unspecified atom stereocenters. The molecule has 0 aromatic heterocycles. The fourth-order valence-electron chi connectivity index (χ4n) is 2.90. The molecule has 0 radical (unpaired) electrons. The van der Waals surface area contributed by atoms with Gasteiger partial charge < -0.3 is 10.2 Å². The summed E-state index contributed by atoms with van der Waals surface area (Å²) in [5, 5.41) is 4.17. The number of nitrogens with one attached hydrogen (secondary N) is 1. The highest BCUT2D eigenvalue weighted by atomic mass is 35.5. The highest BCUT2D eigenvalue weighted by molar-refractivity contribution is 6.31. The van der Waals surface area contributed by atoms with E-state index in [1.165, 1.54) is 0 Å². The molecule has 130 valence electrons. The summed E-state index contributed by atoms with van der Waals surface area (Å²) in [6.07, 6.45) is 0.195. The second-order valence-electron chi connectivity index (χ2n) is 6.29. The monoisotopic (exact) mass is 376 g/mol. The quantitative estimate of drug-likeness (QED) is 0.850. The maximum Gasteiger partial charge on any atom is 0.229 e. The van der Waals surface area contributed by atoms with Gasteiger partial charge in [0.05, 0.1) is 5.92 Å². The lowest BCUT2D eigenvalue weighted by Gasteiger charge is -2.17. The average molecular weight is 377 g/mol. The van der Waals surface area contributed by atoms with Crippen LogP contribution in [0.4, 0.5) is 11.4 Å². The van der Waals surface area contributed by atoms with Crippen molar-refractivity contribution in [1.82, 2.24) is 0 Å². The molecule has 0 bridgehead atoms. The van der Waals surface area contributed by atoms with E-state index in [-0.39, 0.29) is 24.2 Å². The van der Waals surface area contributed by atoms with Crippen LogP contribution in [0.2, 0.25) is 10.0 Å². The molecule has 1 fully saturated rings. The Kier molecular flexibility index (Phi) is 5.02. The third-order valence-electron chi connectivity index (χ3n) is 4.37. The number of halogens is 2. The van der Waals surface area contributed by atoms with Crippen LogP contribution in [0, 0.1) is 19.8 Å². The van der Waals surface area contributed by atoms with Crippen LogP contribution in [-0.4, -0.2) is 18.4 Å². The van der Waals surface area contributed by atoms with Crippen LogP contribution in [0.5, 0.6) is 0 Å². The van der Waals surface area contributed by atoms with Gasteiger partial charge in [0.1, 0.15) is 0 Å². The number of hydrogen-bond acceptors (Lipinski definition) is 2. The van der Waals surface area contributed by atoms with E-state index in [9.17, 15) is 9.59 Å². The minimum absolute atomic E-state index is 0.0610. The zero-order valence-electron chi connectivity index (χ0n) is 14.0. The Morgan fingerprint density at radius 3 is 2.36 bits per heavy atom. The first-order chi connectivity index (χ1) is 11.8. The number of carbonyl (C=O) groups is 2. The number of aryl methyl sites for hydroxylation is 2. The number of hydrogen-bond donors (Lipinski definition) is 1. The predicted octanol–water partition coefficient (Wildman–Crippen LogP) is 4.60. The van der Waals surface area contributed by atoms with E-state index in [4.69, 9.17) is 23.2 Å². The van der Waals surface area contributed by atoms with Gasteiger partial charge in [-0.2, -0.15) is 0 Å². The van der Waals surface area contributed by atoms with Crippen molar-refractivity contribution in [2.24, 2.45) is 5.92 Å². The number of nitrogens with zero attached hydrogens (tertiary/aromatic N) is 1. The van der Waals surface area contributed by atoms with Crippen LogP contribution in [0.15, 0.2) is 36.4 Å². The van der Waals surface area contributed by atoms with Crippen molar-refractivity contribution in [2.45, 2.75) is 20.3 Å². The van der Waals surface area contributed by atoms with E-state index in [1.807, 2.05) is 26.0 Å². The zero-order valence-corrected chi connectivity index (χ0v) is 15.5. The van der Waals surface area contributed by atoms with Crippen LogP contribution in [-0.2, 0) is 9.59 Å². The lowest BCUT2D eigenvalue weighted by Crippen LogP contribution is -2.28. The number of benzene rings is 2. The van der Waals surface area contributed by atoms with Gasteiger partial charge >= 0.3 is 0 Å². The molecule has 0 aliphatic carbocycles. The van der Waals surface area contributed by atoms with Gasteiger partial charge in [-0.1, -0.05) is 23.2 Å². The molecule has 0 spiro atoms. The van der Waals surface area contributed by atoms with Gasteiger partial charge in [0.2, 0.25) is 11.8 Å². The fourth-order valence-corrected chi connectivity index (χ4v) is 3.13. The molecule has 4 nitrogen and oxygen atoms in total. The largest absolute Gasteiger partial charge is 0.326 e. The lowest BCUT2D eigenvalue weighted by molar-refractivity contribution is -0.122. The first-order valence-corrected chi connectivity index (χ1v) is 8.74. The second-order valence-corrected chi connectivity index (χ2v) is 7.11. The van der Waals surface area contributed by atoms with Crippen LogP contribution in [0.3, 0.4) is 0 Å². The number of anilines is 2. The van der Waals surface area contributed by atoms with Gasteiger partial charge in [-0.25, -0.2) is 0 Å². The van der Waals surface area contributed by atoms with E-state index < -0.39 is 0 Å². The number of rotatable bonds is 3. The maximum atomic E-state index is 12.5.